The van der Waals surface area contributed by atoms with E-state index in [0.29, 0.717) is 0 Å². The molecule has 0 radical (unpaired) electrons. The molecule has 0 heterocycles. The van der Waals surface area contributed by atoms with Crippen LogP contribution >= 0.6 is 11.8 Å². The van der Waals surface area contributed by atoms with Crippen molar-refractivity contribution >= 4 is 16.8 Å². The van der Waals surface area contributed by atoms with Gasteiger partial charge in [0.2, 0.25) is 0 Å². The summed E-state index contributed by atoms with van der Waals surface area (Å²) in [5, 5.41) is 1.04. The summed E-state index contributed by atoms with van der Waals surface area (Å²) in [6.07, 6.45) is 3.49. The summed E-state index contributed by atoms with van der Waals surface area (Å²) in [7, 11) is 0. The van der Waals surface area contributed by atoms with Crippen LogP contribution in [-0.4, -0.2) is 11.3 Å². The third-order valence-electron chi connectivity index (χ3n) is 0.870. The molecule has 0 spiro atoms. The van der Waals surface area contributed by atoms with E-state index in [2.05, 4.69) is 4.99 Å². The Morgan fingerprint density at radius 3 is 2.44 bits per heavy atom. The van der Waals surface area contributed by atoms with Gasteiger partial charge in [0.05, 0.1) is 10.7 Å². The molecule has 0 aliphatic heterocycles. The van der Waals surface area contributed by atoms with Gasteiger partial charge in [-0.25, -0.2) is 0 Å². The van der Waals surface area contributed by atoms with E-state index in [-0.39, 0.29) is 0 Å². The zero-order chi connectivity index (χ0) is 7.28. The first kappa shape index (κ1) is 8.56. The van der Waals surface area contributed by atoms with Crippen molar-refractivity contribution in [3.8, 4) is 0 Å². The minimum absolute atomic E-state index is 0.863. The van der Waals surface area contributed by atoms with Crippen molar-refractivity contribution in [2.75, 3.05) is 6.26 Å². The smallest absolute Gasteiger partial charge is 0.0701 e. The molecule has 2 N–H and O–H groups in total. The summed E-state index contributed by atoms with van der Waals surface area (Å²) in [5.41, 5.74) is 6.06. The predicted molar refractivity (Wildman–Crippen MR) is 44.6 cm³/mol. The fourth-order valence-electron chi connectivity index (χ4n) is 0.331. The number of thioether (sulfide) groups is 1. The van der Waals surface area contributed by atoms with Crippen molar-refractivity contribution in [1.82, 2.24) is 0 Å². The molecule has 0 aromatic carbocycles. The molecule has 0 aromatic rings. The van der Waals surface area contributed by atoms with Crippen LogP contribution in [0.15, 0.2) is 16.9 Å². The maximum atomic E-state index is 5.20. The van der Waals surface area contributed by atoms with Crippen molar-refractivity contribution in [3.63, 3.8) is 0 Å². The van der Waals surface area contributed by atoms with Crippen LogP contribution in [0.4, 0.5) is 0 Å². The highest BCUT2D eigenvalue weighted by atomic mass is 32.2. The Kier molecular flexibility index (Phi) is 4.22. The Hall–Kier alpha value is -0.440. The Bertz CT molecular complexity index is 138. The summed E-state index contributed by atoms with van der Waals surface area (Å²) in [4.78, 5) is 4.13. The highest BCUT2D eigenvalue weighted by Gasteiger charge is 1.84. The van der Waals surface area contributed by atoms with Gasteiger partial charge in [-0.3, -0.25) is 4.99 Å². The third-order valence-corrected chi connectivity index (χ3v) is 1.55. The van der Waals surface area contributed by atoms with Crippen LogP contribution in [0.1, 0.15) is 13.8 Å². The highest BCUT2D eigenvalue weighted by Crippen LogP contribution is 2.01. The Morgan fingerprint density at radius 2 is 2.11 bits per heavy atom. The first-order valence-electron chi connectivity index (χ1n) is 2.68. The molecule has 0 fully saturated rings. The third kappa shape index (κ3) is 4.09. The van der Waals surface area contributed by atoms with Crippen LogP contribution in [-0.2, 0) is 0 Å². The van der Waals surface area contributed by atoms with Crippen LogP contribution in [0, 0.1) is 0 Å². The van der Waals surface area contributed by atoms with Gasteiger partial charge in [-0.15, -0.1) is 11.8 Å². The van der Waals surface area contributed by atoms with Crippen molar-refractivity contribution in [2.24, 2.45) is 10.7 Å². The fraction of sp³-hybridized carbons (Fsp3) is 0.500. The molecule has 0 amide bonds. The largest absolute Gasteiger partial charge is 0.403 e. The van der Waals surface area contributed by atoms with Crippen molar-refractivity contribution in [1.29, 1.82) is 0 Å². The van der Waals surface area contributed by atoms with Crippen LogP contribution in [0.2, 0.25) is 0 Å². The van der Waals surface area contributed by atoms with Gasteiger partial charge in [-0.05, 0) is 20.1 Å². The summed E-state index contributed by atoms with van der Waals surface area (Å²) >= 11 is 1.62. The Labute approximate surface area is 60.2 Å². The summed E-state index contributed by atoms with van der Waals surface area (Å²) < 4.78 is 0. The quantitative estimate of drug-likeness (QED) is 0.448. The van der Waals surface area contributed by atoms with E-state index in [0.717, 1.165) is 10.7 Å². The molecule has 0 bridgehead atoms. The fourth-order valence-corrected chi connectivity index (χ4v) is 0.567. The lowest BCUT2D eigenvalue weighted by molar-refractivity contribution is 1.27. The Balaban J connectivity index is 3.95. The molecule has 0 aliphatic rings. The number of hydrogen-bond acceptors (Lipinski definition) is 3. The number of nitrogens with two attached hydrogens (primary N) is 1. The lowest BCUT2D eigenvalue weighted by Gasteiger charge is -1.92. The number of aliphatic imine (C=N–C) groups is 1. The minimum Gasteiger partial charge on any atom is -0.403 e. The van der Waals surface area contributed by atoms with Crippen LogP contribution < -0.4 is 5.73 Å². The monoisotopic (exact) mass is 144 g/mol. The van der Waals surface area contributed by atoms with Crippen molar-refractivity contribution in [2.45, 2.75) is 13.8 Å². The van der Waals surface area contributed by atoms with Crippen LogP contribution in [0.5, 0.6) is 0 Å². The summed E-state index contributed by atoms with van der Waals surface area (Å²) in [6.45, 7) is 3.83. The van der Waals surface area contributed by atoms with E-state index in [4.69, 9.17) is 5.73 Å². The van der Waals surface area contributed by atoms with Gasteiger partial charge in [0.1, 0.15) is 0 Å². The molecule has 2 nitrogen and oxygen atoms in total. The molecule has 9 heavy (non-hydrogen) atoms. The lowest BCUT2D eigenvalue weighted by atomic mass is 10.5. The van der Waals surface area contributed by atoms with Crippen molar-refractivity contribution in [3.05, 3.63) is 11.9 Å². The van der Waals surface area contributed by atoms with Gasteiger partial charge in [0.15, 0.2) is 0 Å². The second-order valence-electron chi connectivity index (χ2n) is 1.64. The minimum atomic E-state index is 0.863. The Morgan fingerprint density at radius 1 is 1.56 bits per heavy atom. The zero-order valence-corrected chi connectivity index (χ0v) is 6.83. The maximum Gasteiger partial charge on any atom is 0.0701 e. The molecule has 0 atom stereocenters. The van der Waals surface area contributed by atoms with Crippen LogP contribution in [0.25, 0.3) is 0 Å². The normalized spacial score (nSPS) is 14.1. The SMILES string of the molecule is CS/C(C)=N/C(C)=C\N. The average molecular weight is 144 g/mol. The number of nitrogens with zero attached hydrogens (tertiary/aromatic N) is 1. The average Bonchev–Trinajstić information content (AvgIpc) is 1.87. The predicted octanol–water partition coefficient (Wildman–Crippen LogP) is 1.59. The van der Waals surface area contributed by atoms with E-state index in [1.165, 1.54) is 6.20 Å². The molecular weight excluding hydrogens is 132 g/mol. The van der Waals surface area contributed by atoms with E-state index in [9.17, 15) is 0 Å². The van der Waals surface area contributed by atoms with Gasteiger partial charge in [-0.1, -0.05) is 0 Å². The first-order chi connectivity index (χ1) is 4.20. The van der Waals surface area contributed by atoms with E-state index >= 15 is 0 Å². The number of hydrogen-bond donors (Lipinski definition) is 1. The van der Waals surface area contributed by atoms with Gasteiger partial charge >= 0.3 is 0 Å². The van der Waals surface area contributed by atoms with Gasteiger partial charge in [0.25, 0.3) is 0 Å². The van der Waals surface area contributed by atoms with E-state index in [1.54, 1.807) is 11.8 Å². The molecule has 0 rings (SSSR count). The highest BCUT2D eigenvalue weighted by molar-refractivity contribution is 8.13. The zero-order valence-electron chi connectivity index (χ0n) is 6.01. The van der Waals surface area contributed by atoms with E-state index < -0.39 is 0 Å². The van der Waals surface area contributed by atoms with E-state index in [1.807, 2.05) is 20.1 Å². The van der Waals surface area contributed by atoms with Gasteiger partial charge in [-0.2, -0.15) is 0 Å². The molecular formula is C6H12N2S. The molecule has 0 unspecified atom stereocenters. The number of allylic oxidation sites excluding steroid dienone is 1. The van der Waals surface area contributed by atoms with Gasteiger partial charge < -0.3 is 5.73 Å². The maximum absolute atomic E-state index is 5.20. The molecule has 0 aromatic heterocycles. The molecule has 0 saturated carbocycles. The molecule has 0 aliphatic carbocycles. The first-order valence-corrected chi connectivity index (χ1v) is 3.91. The summed E-state index contributed by atoms with van der Waals surface area (Å²) in [6, 6.07) is 0. The topological polar surface area (TPSA) is 38.4 Å². The molecule has 3 heteroatoms. The standard InChI is InChI=1S/C6H12N2S/c1-5(4-7)8-6(2)9-3/h4H,7H2,1-3H3/b5-4-,8-6+. The lowest BCUT2D eigenvalue weighted by Crippen LogP contribution is -1.85. The van der Waals surface area contributed by atoms with Crippen molar-refractivity contribution < 1.29 is 0 Å². The molecule has 0 saturated heterocycles. The van der Waals surface area contributed by atoms with Crippen LogP contribution in [0.3, 0.4) is 0 Å². The second kappa shape index (κ2) is 4.44. The molecule has 52 valence electrons. The second-order valence-corrected chi connectivity index (χ2v) is 2.64. The van der Waals surface area contributed by atoms with Gasteiger partial charge in [0, 0.05) is 6.20 Å². The summed E-state index contributed by atoms with van der Waals surface area (Å²) in [5.74, 6) is 0. The number of rotatable bonds is 1.